The van der Waals surface area contributed by atoms with E-state index < -0.39 is 51.5 Å². The third-order valence-electron chi connectivity index (χ3n) is 7.62. The maximum atomic E-state index is 14.2. The van der Waals surface area contributed by atoms with Crippen LogP contribution in [0.15, 0.2) is 47.4 Å². The van der Waals surface area contributed by atoms with E-state index in [-0.39, 0.29) is 9.92 Å². The maximum Gasteiger partial charge on any atom is 0.410 e. The van der Waals surface area contributed by atoms with Crippen molar-refractivity contribution in [3.63, 3.8) is 0 Å². The van der Waals surface area contributed by atoms with Gasteiger partial charge in [0.15, 0.2) is 0 Å². The van der Waals surface area contributed by atoms with Crippen LogP contribution in [-0.4, -0.2) is 59.7 Å². The smallest absolute Gasteiger partial charge is 0.410 e. The van der Waals surface area contributed by atoms with Crippen LogP contribution in [-0.2, 0) is 14.8 Å². The number of amides is 1. The summed E-state index contributed by atoms with van der Waals surface area (Å²) in [7, 11) is -4.31. The summed E-state index contributed by atoms with van der Waals surface area (Å²) in [4.78, 5) is 14.3. The Bertz CT molecular complexity index is 1280. The topological polar surface area (TPSA) is 87.2 Å². The molecule has 3 fully saturated rings. The van der Waals surface area contributed by atoms with Gasteiger partial charge in [0.2, 0.25) is 10.0 Å². The van der Waals surface area contributed by atoms with Crippen LogP contribution in [0.4, 0.5) is 13.6 Å². The van der Waals surface area contributed by atoms with E-state index in [1.807, 2.05) is 0 Å². The minimum atomic E-state index is -4.31. The van der Waals surface area contributed by atoms with Gasteiger partial charge in [0.05, 0.1) is 23.2 Å². The number of nitrogens with zero attached hydrogens (tertiary/aromatic N) is 2. The fourth-order valence-electron chi connectivity index (χ4n) is 5.54. The predicted octanol–water partition coefficient (Wildman–Crippen LogP) is 5.03. The summed E-state index contributed by atoms with van der Waals surface area (Å²) in [5, 5.41) is 9.52. The number of aliphatic hydroxyl groups excluding tert-OH is 1. The van der Waals surface area contributed by atoms with Gasteiger partial charge in [0.25, 0.3) is 0 Å². The summed E-state index contributed by atoms with van der Waals surface area (Å²) in [6.45, 7) is 0.722. The second kappa shape index (κ2) is 10.1. The molecule has 11 heteroatoms. The van der Waals surface area contributed by atoms with Gasteiger partial charge < -0.3 is 14.7 Å². The van der Waals surface area contributed by atoms with Crippen LogP contribution in [0.25, 0.3) is 0 Å². The number of likely N-dealkylation sites (tertiary alicyclic amines) is 1. The number of hydrogen-bond donors (Lipinski definition) is 1. The number of carbonyl (C=O) groups excluding carboxylic acids is 1. The fourth-order valence-corrected chi connectivity index (χ4v) is 7.97. The van der Waals surface area contributed by atoms with E-state index in [0.717, 1.165) is 18.2 Å². The van der Waals surface area contributed by atoms with E-state index in [1.54, 1.807) is 6.07 Å². The Kier molecular flexibility index (Phi) is 7.21. The maximum absolute atomic E-state index is 14.2. The molecule has 2 heterocycles. The lowest BCUT2D eigenvalue weighted by Gasteiger charge is -2.45. The predicted molar refractivity (Wildman–Crippen MR) is 132 cm³/mol. The van der Waals surface area contributed by atoms with Gasteiger partial charge in [-0.05, 0) is 80.8 Å². The van der Waals surface area contributed by atoms with Crippen molar-refractivity contribution in [2.45, 2.75) is 73.6 Å². The van der Waals surface area contributed by atoms with E-state index in [1.165, 1.54) is 27.4 Å². The van der Waals surface area contributed by atoms with Crippen molar-refractivity contribution in [2.75, 3.05) is 13.1 Å². The lowest BCUT2D eigenvalue weighted by atomic mass is 9.90. The Hall–Kier alpha value is -2.27. The van der Waals surface area contributed by atoms with Crippen LogP contribution in [0.2, 0.25) is 5.02 Å². The van der Waals surface area contributed by atoms with Crippen molar-refractivity contribution >= 4 is 27.7 Å². The third-order valence-corrected chi connectivity index (χ3v) is 10.0. The molecular weight excluding hydrogens is 526 g/mol. The molecule has 2 atom stereocenters. The number of carbonyl (C=O) groups is 1. The second-order valence-electron chi connectivity index (χ2n) is 10.1. The number of sulfonamides is 1. The van der Waals surface area contributed by atoms with Crippen LogP contribution in [0.1, 0.15) is 56.6 Å². The minimum absolute atomic E-state index is 0.254. The summed E-state index contributed by atoms with van der Waals surface area (Å²) < 4.78 is 63.6. The molecule has 5 rings (SSSR count). The fraction of sp³-hybridized carbons (Fsp3) is 0.500. The van der Waals surface area contributed by atoms with Crippen molar-refractivity contribution in [2.24, 2.45) is 0 Å². The van der Waals surface area contributed by atoms with Crippen LogP contribution in [0.5, 0.6) is 0 Å². The monoisotopic (exact) mass is 554 g/mol. The van der Waals surface area contributed by atoms with Crippen molar-refractivity contribution in [3.8, 4) is 0 Å². The van der Waals surface area contributed by atoms with E-state index in [0.29, 0.717) is 63.6 Å². The highest BCUT2D eigenvalue weighted by Gasteiger charge is 2.60. The molecule has 2 aliphatic heterocycles. The second-order valence-corrected chi connectivity index (χ2v) is 12.3. The summed E-state index contributed by atoms with van der Waals surface area (Å²) >= 11 is 6.21. The number of aliphatic hydroxyl groups is 1. The van der Waals surface area contributed by atoms with Crippen LogP contribution in [0, 0.1) is 11.6 Å². The average molecular weight is 555 g/mol. The zero-order valence-electron chi connectivity index (χ0n) is 20.2. The lowest BCUT2D eigenvalue weighted by molar-refractivity contribution is -0.0160. The molecule has 2 aromatic carbocycles. The highest BCUT2D eigenvalue weighted by Crippen LogP contribution is 2.53. The van der Waals surface area contributed by atoms with Gasteiger partial charge in [-0.1, -0.05) is 23.7 Å². The zero-order valence-corrected chi connectivity index (χ0v) is 21.7. The minimum Gasteiger partial charge on any atom is -0.441 e. The summed E-state index contributed by atoms with van der Waals surface area (Å²) in [6.07, 6.45) is 2.41. The van der Waals surface area contributed by atoms with Crippen molar-refractivity contribution in [1.29, 1.82) is 0 Å². The van der Waals surface area contributed by atoms with Crippen molar-refractivity contribution in [3.05, 3.63) is 64.7 Å². The standard InChI is InChI=1S/C26H29ClF2N2O5S/c27-21-16-19(29)7-8-23(21)37(34,35)31-22(17-3-1-4-18(28)15-17)5-2-6-24(31)26(11-12-26)36-25(33)30-13-9-20(32)10-14-30/h1,3-4,7-8,15-16,20,22,24,32H,2,5-6,9-14H2/t22-,24+/m0/s1. The first kappa shape index (κ1) is 26.3. The number of rotatable bonds is 5. The Balaban J connectivity index is 1.52. The molecule has 0 aromatic heterocycles. The number of halogens is 3. The van der Waals surface area contributed by atoms with Crippen LogP contribution < -0.4 is 0 Å². The van der Waals surface area contributed by atoms with Gasteiger partial charge in [0.1, 0.15) is 22.1 Å². The molecule has 1 N–H and O–H groups in total. The lowest BCUT2D eigenvalue weighted by Crippen LogP contribution is -2.54. The molecule has 3 aliphatic rings. The molecule has 2 aromatic rings. The first-order valence-electron chi connectivity index (χ1n) is 12.5. The van der Waals surface area contributed by atoms with E-state index in [2.05, 4.69) is 0 Å². The van der Waals surface area contributed by atoms with Crippen LogP contribution in [0.3, 0.4) is 0 Å². The molecular formula is C26H29ClF2N2O5S. The molecule has 1 amide bonds. The van der Waals surface area contributed by atoms with Gasteiger partial charge in [-0.2, -0.15) is 4.31 Å². The molecule has 0 spiro atoms. The summed E-state index contributed by atoms with van der Waals surface area (Å²) in [5.74, 6) is -1.16. The normalized spacial score (nSPS) is 24.6. The zero-order chi connectivity index (χ0) is 26.4. The molecule has 37 heavy (non-hydrogen) atoms. The van der Waals surface area contributed by atoms with Crippen molar-refractivity contribution in [1.82, 2.24) is 9.21 Å². The van der Waals surface area contributed by atoms with E-state index >= 15 is 0 Å². The van der Waals surface area contributed by atoms with Crippen LogP contribution >= 0.6 is 11.6 Å². The number of hydrogen-bond acceptors (Lipinski definition) is 5. The number of ether oxygens (including phenoxy) is 1. The van der Waals surface area contributed by atoms with Gasteiger partial charge in [-0.25, -0.2) is 22.0 Å². The van der Waals surface area contributed by atoms with Gasteiger partial charge in [0, 0.05) is 13.1 Å². The molecule has 200 valence electrons. The van der Waals surface area contributed by atoms with Crippen molar-refractivity contribution < 1.29 is 31.8 Å². The third kappa shape index (κ3) is 5.21. The van der Waals surface area contributed by atoms with Gasteiger partial charge in [-0.15, -0.1) is 0 Å². The first-order chi connectivity index (χ1) is 17.6. The van der Waals surface area contributed by atoms with Gasteiger partial charge in [-0.3, -0.25) is 0 Å². The Labute approximate surface area is 220 Å². The molecule has 0 unspecified atom stereocenters. The Morgan fingerprint density at radius 1 is 1.03 bits per heavy atom. The largest absolute Gasteiger partial charge is 0.441 e. The molecule has 2 saturated heterocycles. The molecule has 1 aliphatic carbocycles. The molecule has 7 nitrogen and oxygen atoms in total. The quantitative estimate of drug-likeness (QED) is 0.560. The van der Waals surface area contributed by atoms with E-state index in [9.17, 15) is 27.1 Å². The van der Waals surface area contributed by atoms with E-state index in [4.69, 9.17) is 16.3 Å². The summed E-state index contributed by atoms with van der Waals surface area (Å²) in [6, 6.07) is 7.49. The number of piperidine rings is 2. The molecule has 0 bridgehead atoms. The SMILES string of the molecule is O=C(OC1([C@H]2CCC[C@@H](c3cccc(F)c3)N2S(=O)(=O)c2ccc(F)cc2Cl)CC1)N1CCC(O)CC1. The average Bonchev–Trinajstić information content (AvgIpc) is 3.64. The molecule has 1 saturated carbocycles. The van der Waals surface area contributed by atoms with Gasteiger partial charge >= 0.3 is 6.09 Å². The number of benzene rings is 2. The first-order valence-corrected chi connectivity index (χ1v) is 14.3. The summed E-state index contributed by atoms with van der Waals surface area (Å²) in [5.41, 5.74) is -0.544. The Morgan fingerprint density at radius 2 is 1.73 bits per heavy atom. The Morgan fingerprint density at radius 3 is 2.38 bits per heavy atom. The highest BCUT2D eigenvalue weighted by atomic mass is 35.5. The highest BCUT2D eigenvalue weighted by molar-refractivity contribution is 7.89. The molecule has 0 radical (unpaired) electrons.